The Morgan fingerprint density at radius 2 is 1.78 bits per heavy atom. The first kappa shape index (κ1) is 20.9. The molecule has 1 atom stereocenters. The smallest absolute Gasteiger partial charge is 0.279 e. The summed E-state index contributed by atoms with van der Waals surface area (Å²) in [4.78, 5) is 23.8. The Morgan fingerprint density at radius 3 is 2.41 bits per heavy atom. The fourth-order valence-corrected chi connectivity index (χ4v) is 2.68. The van der Waals surface area contributed by atoms with Crippen molar-refractivity contribution in [3.8, 4) is 17.2 Å². The van der Waals surface area contributed by atoms with Crippen LogP contribution in [0.5, 0.6) is 17.2 Å². The Labute approximate surface area is 170 Å². The van der Waals surface area contributed by atoms with Crippen LogP contribution >= 0.6 is 27.5 Å². The first-order chi connectivity index (χ1) is 12.9. The molecule has 0 aliphatic rings. The summed E-state index contributed by atoms with van der Waals surface area (Å²) in [6.07, 6.45) is -0.842. The number of ether oxygens (including phenoxy) is 3. The molecule has 0 bridgehead atoms. The van der Waals surface area contributed by atoms with Crippen LogP contribution in [-0.4, -0.2) is 31.6 Å². The first-order valence-electron chi connectivity index (χ1n) is 7.86. The second-order valence-electron chi connectivity index (χ2n) is 5.34. The van der Waals surface area contributed by atoms with Crippen molar-refractivity contribution in [2.45, 2.75) is 13.0 Å². The zero-order chi connectivity index (χ0) is 19.8. The molecule has 2 rings (SSSR count). The maximum atomic E-state index is 12.0. The average molecular weight is 458 g/mol. The van der Waals surface area contributed by atoms with Crippen LogP contribution in [0, 0.1) is 0 Å². The topological polar surface area (TPSA) is 85.9 Å². The highest BCUT2D eigenvalue weighted by atomic mass is 79.9. The summed E-state index contributed by atoms with van der Waals surface area (Å²) in [6.45, 7) is 1.29. The monoisotopic (exact) mass is 456 g/mol. The zero-order valence-corrected chi connectivity index (χ0v) is 17.0. The van der Waals surface area contributed by atoms with E-state index in [4.69, 9.17) is 25.8 Å². The molecule has 0 fully saturated rings. The average Bonchev–Trinajstić information content (AvgIpc) is 2.66. The number of rotatable bonds is 7. The van der Waals surface area contributed by atoms with E-state index in [-0.39, 0.29) is 6.61 Å². The molecule has 0 aliphatic heterocycles. The third-order valence-corrected chi connectivity index (χ3v) is 4.18. The van der Waals surface area contributed by atoms with E-state index in [1.807, 2.05) is 0 Å². The lowest BCUT2D eigenvalue weighted by Crippen LogP contribution is -2.48. The number of methoxy groups -OCH3 is 1. The highest BCUT2D eigenvalue weighted by molar-refractivity contribution is 9.10. The lowest BCUT2D eigenvalue weighted by atomic mass is 10.3. The highest BCUT2D eigenvalue weighted by Crippen LogP contribution is 2.28. The van der Waals surface area contributed by atoms with Gasteiger partial charge >= 0.3 is 0 Å². The number of carbonyl (C=O) groups excluding carboxylic acids is 2. The number of hydrogen-bond acceptors (Lipinski definition) is 5. The molecule has 9 heteroatoms. The molecule has 2 N–H and O–H groups in total. The Bertz CT molecular complexity index is 801. The van der Waals surface area contributed by atoms with E-state index in [1.165, 1.54) is 0 Å². The second kappa shape index (κ2) is 10.0. The van der Waals surface area contributed by atoms with Crippen LogP contribution in [-0.2, 0) is 9.59 Å². The van der Waals surface area contributed by atoms with Gasteiger partial charge in [-0.1, -0.05) is 11.6 Å². The van der Waals surface area contributed by atoms with Crippen LogP contribution in [0.1, 0.15) is 6.92 Å². The van der Waals surface area contributed by atoms with Crippen molar-refractivity contribution < 1.29 is 23.8 Å². The van der Waals surface area contributed by atoms with Gasteiger partial charge in [0, 0.05) is 5.02 Å². The minimum atomic E-state index is -0.842. The molecular weight excluding hydrogens is 440 g/mol. The number of amides is 2. The number of benzene rings is 2. The molecule has 0 saturated carbocycles. The summed E-state index contributed by atoms with van der Waals surface area (Å²) >= 11 is 9.16. The fraction of sp³-hybridized carbons (Fsp3) is 0.222. The van der Waals surface area contributed by atoms with Gasteiger partial charge in [-0.3, -0.25) is 20.4 Å². The van der Waals surface area contributed by atoms with Crippen molar-refractivity contribution >= 4 is 39.3 Å². The maximum Gasteiger partial charge on any atom is 0.279 e. The van der Waals surface area contributed by atoms with E-state index >= 15 is 0 Å². The highest BCUT2D eigenvalue weighted by Gasteiger charge is 2.17. The molecule has 2 aromatic rings. The van der Waals surface area contributed by atoms with Gasteiger partial charge in [-0.2, -0.15) is 0 Å². The van der Waals surface area contributed by atoms with Crippen LogP contribution < -0.4 is 25.1 Å². The van der Waals surface area contributed by atoms with Gasteiger partial charge in [0.15, 0.2) is 12.7 Å². The standard InChI is InChI=1S/C18H18BrClN2O5/c1-11(27-16-8-3-12(20)9-15(16)19)18(24)22-21-17(23)10-26-14-6-4-13(25-2)5-7-14/h3-9,11H,10H2,1-2H3,(H,21,23)(H,22,24). The lowest BCUT2D eigenvalue weighted by molar-refractivity contribution is -0.133. The number of nitrogens with one attached hydrogen (secondary N) is 2. The molecule has 7 nitrogen and oxygen atoms in total. The maximum absolute atomic E-state index is 12.0. The van der Waals surface area contributed by atoms with Crippen molar-refractivity contribution in [1.82, 2.24) is 10.9 Å². The van der Waals surface area contributed by atoms with Gasteiger partial charge in [-0.15, -0.1) is 0 Å². The van der Waals surface area contributed by atoms with E-state index in [0.29, 0.717) is 26.7 Å². The quantitative estimate of drug-likeness (QED) is 0.624. The predicted octanol–water partition coefficient (Wildman–Crippen LogP) is 3.10. The van der Waals surface area contributed by atoms with Gasteiger partial charge in [0.1, 0.15) is 17.2 Å². The third-order valence-electron chi connectivity index (χ3n) is 3.32. The van der Waals surface area contributed by atoms with Gasteiger partial charge in [-0.05, 0) is 65.3 Å². The normalized spacial score (nSPS) is 11.3. The molecule has 0 heterocycles. The van der Waals surface area contributed by atoms with E-state index in [9.17, 15) is 9.59 Å². The van der Waals surface area contributed by atoms with Gasteiger partial charge in [-0.25, -0.2) is 0 Å². The Kier molecular flexibility index (Phi) is 7.75. The Morgan fingerprint density at radius 1 is 1.11 bits per heavy atom. The van der Waals surface area contributed by atoms with Crippen molar-refractivity contribution in [1.29, 1.82) is 0 Å². The van der Waals surface area contributed by atoms with Gasteiger partial charge in [0.25, 0.3) is 11.8 Å². The van der Waals surface area contributed by atoms with E-state index in [2.05, 4.69) is 26.8 Å². The van der Waals surface area contributed by atoms with Crippen LogP contribution in [0.3, 0.4) is 0 Å². The number of hydrazine groups is 1. The zero-order valence-electron chi connectivity index (χ0n) is 14.6. The molecular formula is C18H18BrClN2O5. The number of halogens is 2. The minimum Gasteiger partial charge on any atom is -0.497 e. The largest absolute Gasteiger partial charge is 0.497 e. The molecule has 0 aromatic heterocycles. The summed E-state index contributed by atoms with van der Waals surface area (Å²) in [5.74, 6) is 0.604. The third kappa shape index (κ3) is 6.65. The van der Waals surface area contributed by atoms with Crippen LogP contribution in [0.2, 0.25) is 5.02 Å². The van der Waals surface area contributed by atoms with Crippen LogP contribution in [0.15, 0.2) is 46.9 Å². The van der Waals surface area contributed by atoms with Crippen LogP contribution in [0.4, 0.5) is 0 Å². The van der Waals surface area contributed by atoms with Crippen molar-refractivity contribution in [2.24, 2.45) is 0 Å². The second-order valence-corrected chi connectivity index (χ2v) is 6.63. The summed E-state index contributed by atoms with van der Waals surface area (Å²) in [5.41, 5.74) is 4.55. The Balaban J connectivity index is 1.75. The summed E-state index contributed by atoms with van der Waals surface area (Å²) < 4.78 is 16.5. The van der Waals surface area contributed by atoms with E-state index in [1.54, 1.807) is 56.5 Å². The van der Waals surface area contributed by atoms with Crippen molar-refractivity contribution in [3.63, 3.8) is 0 Å². The minimum absolute atomic E-state index is 0.259. The molecule has 27 heavy (non-hydrogen) atoms. The molecule has 0 spiro atoms. The predicted molar refractivity (Wildman–Crippen MR) is 104 cm³/mol. The summed E-state index contributed by atoms with van der Waals surface area (Å²) in [5, 5.41) is 0.537. The van der Waals surface area contributed by atoms with E-state index in [0.717, 1.165) is 0 Å². The van der Waals surface area contributed by atoms with Crippen molar-refractivity contribution in [3.05, 3.63) is 52.0 Å². The number of hydrogen-bond donors (Lipinski definition) is 2. The van der Waals surface area contributed by atoms with E-state index < -0.39 is 17.9 Å². The fourth-order valence-electron chi connectivity index (χ4n) is 1.90. The molecule has 0 radical (unpaired) electrons. The van der Waals surface area contributed by atoms with Crippen molar-refractivity contribution in [2.75, 3.05) is 13.7 Å². The lowest BCUT2D eigenvalue weighted by Gasteiger charge is -2.16. The molecule has 2 amide bonds. The Hall–Kier alpha value is -2.45. The molecule has 1 unspecified atom stereocenters. The molecule has 0 saturated heterocycles. The SMILES string of the molecule is COc1ccc(OCC(=O)NNC(=O)C(C)Oc2ccc(Cl)cc2Br)cc1. The molecule has 144 valence electrons. The number of carbonyl (C=O) groups is 2. The van der Waals surface area contributed by atoms with Gasteiger partial charge in [0.2, 0.25) is 0 Å². The first-order valence-corrected chi connectivity index (χ1v) is 9.03. The van der Waals surface area contributed by atoms with Gasteiger partial charge in [0.05, 0.1) is 11.6 Å². The molecule has 2 aromatic carbocycles. The molecule has 0 aliphatic carbocycles. The van der Waals surface area contributed by atoms with Crippen LogP contribution in [0.25, 0.3) is 0 Å². The summed E-state index contributed by atoms with van der Waals surface area (Å²) in [7, 11) is 1.56. The van der Waals surface area contributed by atoms with Gasteiger partial charge < -0.3 is 14.2 Å². The summed E-state index contributed by atoms with van der Waals surface area (Å²) in [6, 6.07) is 11.7.